The molecule has 1 rings (SSSR count). The van der Waals surface area contributed by atoms with E-state index in [1.54, 1.807) is 0 Å². The molecule has 1 amide bonds. The topological polar surface area (TPSA) is 75.3 Å². The van der Waals surface area contributed by atoms with Gasteiger partial charge in [-0.3, -0.25) is 4.79 Å². The van der Waals surface area contributed by atoms with Crippen molar-refractivity contribution in [1.82, 2.24) is 5.32 Å². The van der Waals surface area contributed by atoms with E-state index in [0.29, 0.717) is 17.8 Å². The van der Waals surface area contributed by atoms with Gasteiger partial charge in [-0.2, -0.15) is 0 Å². The summed E-state index contributed by atoms with van der Waals surface area (Å²) in [6, 6.07) is 4.36. The van der Waals surface area contributed by atoms with Crippen molar-refractivity contribution in [2.45, 2.75) is 27.2 Å². The SMILES string of the molecule is CCC(C)(C)CNC(=O)c1cc(O)ccc1N. The van der Waals surface area contributed by atoms with Crippen LogP contribution in [0.4, 0.5) is 5.69 Å². The van der Waals surface area contributed by atoms with Crippen LogP contribution in [-0.4, -0.2) is 17.6 Å². The lowest BCUT2D eigenvalue weighted by atomic mass is 9.90. The van der Waals surface area contributed by atoms with E-state index in [1.165, 1.54) is 18.2 Å². The molecular formula is C13H20N2O2. The van der Waals surface area contributed by atoms with E-state index >= 15 is 0 Å². The van der Waals surface area contributed by atoms with E-state index in [4.69, 9.17) is 5.73 Å². The van der Waals surface area contributed by atoms with Crippen LogP contribution in [0, 0.1) is 5.41 Å². The third-order valence-electron chi connectivity index (χ3n) is 2.97. The number of carbonyl (C=O) groups is 1. The molecule has 1 aromatic carbocycles. The first-order valence-corrected chi connectivity index (χ1v) is 5.72. The number of rotatable bonds is 4. The molecule has 0 bridgehead atoms. The fourth-order valence-electron chi connectivity index (χ4n) is 1.28. The highest BCUT2D eigenvalue weighted by Gasteiger charge is 2.17. The number of hydrogen-bond acceptors (Lipinski definition) is 3. The third kappa shape index (κ3) is 3.66. The second kappa shape index (κ2) is 5.08. The molecule has 0 unspecified atom stereocenters. The van der Waals surface area contributed by atoms with Crippen LogP contribution in [0.15, 0.2) is 18.2 Å². The third-order valence-corrected chi connectivity index (χ3v) is 2.97. The lowest BCUT2D eigenvalue weighted by molar-refractivity contribution is 0.0936. The van der Waals surface area contributed by atoms with Crippen molar-refractivity contribution in [2.75, 3.05) is 12.3 Å². The van der Waals surface area contributed by atoms with Gasteiger partial charge in [0.05, 0.1) is 5.56 Å². The Labute approximate surface area is 102 Å². The zero-order chi connectivity index (χ0) is 13.1. The van der Waals surface area contributed by atoms with E-state index < -0.39 is 0 Å². The Morgan fingerprint density at radius 2 is 2.12 bits per heavy atom. The van der Waals surface area contributed by atoms with Gasteiger partial charge in [0.15, 0.2) is 0 Å². The lowest BCUT2D eigenvalue weighted by Gasteiger charge is -2.23. The molecule has 0 radical (unpaired) electrons. The van der Waals surface area contributed by atoms with Crippen molar-refractivity contribution in [3.63, 3.8) is 0 Å². The molecule has 0 saturated carbocycles. The number of hydrogen-bond donors (Lipinski definition) is 3. The Morgan fingerprint density at radius 1 is 1.47 bits per heavy atom. The number of phenols is 1. The fraction of sp³-hybridized carbons (Fsp3) is 0.462. The predicted molar refractivity (Wildman–Crippen MR) is 68.9 cm³/mol. The van der Waals surface area contributed by atoms with Crippen molar-refractivity contribution in [3.8, 4) is 5.75 Å². The van der Waals surface area contributed by atoms with Crippen LogP contribution < -0.4 is 11.1 Å². The first kappa shape index (κ1) is 13.4. The van der Waals surface area contributed by atoms with Crippen LogP contribution >= 0.6 is 0 Å². The highest BCUT2D eigenvalue weighted by molar-refractivity contribution is 5.99. The number of anilines is 1. The summed E-state index contributed by atoms with van der Waals surface area (Å²) < 4.78 is 0. The highest BCUT2D eigenvalue weighted by atomic mass is 16.3. The summed E-state index contributed by atoms with van der Waals surface area (Å²) in [5, 5.41) is 12.2. The second-order valence-electron chi connectivity index (χ2n) is 4.97. The Hall–Kier alpha value is -1.71. The maximum Gasteiger partial charge on any atom is 0.253 e. The number of aromatic hydroxyl groups is 1. The van der Waals surface area contributed by atoms with Crippen molar-refractivity contribution >= 4 is 11.6 Å². The molecule has 0 aliphatic heterocycles. The molecule has 94 valence electrons. The minimum atomic E-state index is -0.250. The minimum Gasteiger partial charge on any atom is -0.508 e. The number of phenolic OH excluding ortho intramolecular Hbond substituents is 1. The van der Waals surface area contributed by atoms with Gasteiger partial charge in [-0.25, -0.2) is 0 Å². The average molecular weight is 236 g/mol. The molecule has 0 fully saturated rings. The summed E-state index contributed by atoms with van der Waals surface area (Å²) in [6.07, 6.45) is 0.975. The standard InChI is InChI=1S/C13H20N2O2/c1-4-13(2,3)8-15-12(17)10-7-9(16)5-6-11(10)14/h5-7,16H,4,8,14H2,1-3H3,(H,15,17). The Morgan fingerprint density at radius 3 is 2.71 bits per heavy atom. The average Bonchev–Trinajstić information content (AvgIpc) is 2.29. The number of benzene rings is 1. The van der Waals surface area contributed by atoms with Crippen LogP contribution in [0.5, 0.6) is 5.75 Å². The molecule has 0 aliphatic carbocycles. The largest absolute Gasteiger partial charge is 0.508 e. The van der Waals surface area contributed by atoms with E-state index in [1.807, 2.05) is 0 Å². The van der Waals surface area contributed by atoms with Crippen molar-refractivity contribution < 1.29 is 9.90 Å². The smallest absolute Gasteiger partial charge is 0.253 e. The van der Waals surface area contributed by atoms with Gasteiger partial charge in [0, 0.05) is 12.2 Å². The molecule has 17 heavy (non-hydrogen) atoms. The molecule has 0 aromatic heterocycles. The molecule has 0 spiro atoms. The minimum absolute atomic E-state index is 0.0408. The summed E-state index contributed by atoms with van der Waals surface area (Å²) in [5.41, 5.74) is 6.43. The summed E-state index contributed by atoms with van der Waals surface area (Å²) in [6.45, 7) is 6.82. The molecule has 0 aliphatic rings. The molecule has 4 N–H and O–H groups in total. The van der Waals surface area contributed by atoms with Gasteiger partial charge in [0.2, 0.25) is 0 Å². The molecule has 4 nitrogen and oxygen atoms in total. The van der Waals surface area contributed by atoms with Gasteiger partial charge in [0.1, 0.15) is 5.75 Å². The first-order chi connectivity index (χ1) is 7.85. The van der Waals surface area contributed by atoms with E-state index in [2.05, 4.69) is 26.1 Å². The van der Waals surface area contributed by atoms with Gasteiger partial charge in [0.25, 0.3) is 5.91 Å². The Bertz CT molecular complexity index is 414. The van der Waals surface area contributed by atoms with Crippen LogP contribution in [0.1, 0.15) is 37.6 Å². The van der Waals surface area contributed by atoms with Gasteiger partial charge < -0.3 is 16.2 Å². The fourth-order valence-corrected chi connectivity index (χ4v) is 1.28. The summed E-state index contributed by atoms with van der Waals surface area (Å²) >= 11 is 0. The van der Waals surface area contributed by atoms with E-state index in [0.717, 1.165) is 6.42 Å². The van der Waals surface area contributed by atoms with Crippen LogP contribution in [0.3, 0.4) is 0 Å². The number of carbonyl (C=O) groups excluding carboxylic acids is 1. The van der Waals surface area contributed by atoms with E-state index in [9.17, 15) is 9.90 Å². The normalized spacial score (nSPS) is 11.2. The number of amides is 1. The maximum atomic E-state index is 11.9. The second-order valence-corrected chi connectivity index (χ2v) is 4.97. The maximum absolute atomic E-state index is 11.9. The molecule has 0 heterocycles. The lowest BCUT2D eigenvalue weighted by Crippen LogP contribution is -2.33. The van der Waals surface area contributed by atoms with Crippen molar-refractivity contribution in [1.29, 1.82) is 0 Å². The molecule has 4 heteroatoms. The Balaban J connectivity index is 2.74. The monoisotopic (exact) mass is 236 g/mol. The first-order valence-electron chi connectivity index (χ1n) is 5.72. The van der Waals surface area contributed by atoms with Crippen LogP contribution in [0.2, 0.25) is 0 Å². The Kier molecular flexibility index (Phi) is 3.99. The summed E-state index contributed by atoms with van der Waals surface area (Å²) in [4.78, 5) is 11.9. The number of nitrogens with one attached hydrogen (secondary N) is 1. The molecule has 0 saturated heterocycles. The van der Waals surface area contributed by atoms with Gasteiger partial charge in [-0.1, -0.05) is 20.8 Å². The van der Waals surface area contributed by atoms with Gasteiger partial charge in [-0.05, 0) is 30.0 Å². The van der Waals surface area contributed by atoms with Crippen LogP contribution in [-0.2, 0) is 0 Å². The van der Waals surface area contributed by atoms with Crippen molar-refractivity contribution in [2.24, 2.45) is 5.41 Å². The zero-order valence-corrected chi connectivity index (χ0v) is 10.6. The molecule has 0 atom stereocenters. The van der Waals surface area contributed by atoms with Crippen LogP contribution in [0.25, 0.3) is 0 Å². The summed E-state index contributed by atoms with van der Waals surface area (Å²) in [7, 11) is 0. The summed E-state index contributed by atoms with van der Waals surface area (Å²) in [5.74, 6) is -0.209. The number of nitrogen functional groups attached to an aromatic ring is 1. The predicted octanol–water partition coefficient (Wildman–Crippen LogP) is 2.14. The van der Waals surface area contributed by atoms with Gasteiger partial charge in [-0.15, -0.1) is 0 Å². The van der Waals surface area contributed by atoms with Gasteiger partial charge >= 0.3 is 0 Å². The highest BCUT2D eigenvalue weighted by Crippen LogP contribution is 2.20. The zero-order valence-electron chi connectivity index (χ0n) is 10.6. The van der Waals surface area contributed by atoms with E-state index in [-0.39, 0.29) is 17.1 Å². The molecular weight excluding hydrogens is 216 g/mol. The molecule has 1 aromatic rings. The number of nitrogens with two attached hydrogens (primary N) is 1. The quantitative estimate of drug-likeness (QED) is 0.554. The van der Waals surface area contributed by atoms with Crippen molar-refractivity contribution in [3.05, 3.63) is 23.8 Å².